The Kier molecular flexibility index (Phi) is 3.57. The molecule has 7 heteroatoms. The van der Waals surface area contributed by atoms with Gasteiger partial charge < -0.3 is 10.2 Å². The zero-order chi connectivity index (χ0) is 15.8. The lowest BCUT2D eigenvalue weighted by Gasteiger charge is -2.35. The molecule has 2 aliphatic rings. The molecule has 2 aliphatic heterocycles. The van der Waals surface area contributed by atoms with Crippen molar-refractivity contribution in [3.8, 4) is 5.69 Å². The second-order valence-electron chi connectivity index (χ2n) is 6.40. The summed E-state index contributed by atoms with van der Waals surface area (Å²) in [7, 11) is 1.83. The minimum absolute atomic E-state index is 0.249. The van der Waals surface area contributed by atoms with Gasteiger partial charge in [0.1, 0.15) is 10.9 Å². The number of rotatable bonds is 3. The molecule has 4 rings (SSSR count). The van der Waals surface area contributed by atoms with E-state index in [1.54, 1.807) is 15.7 Å². The van der Waals surface area contributed by atoms with Crippen LogP contribution in [0.4, 0.5) is 0 Å². The van der Waals surface area contributed by atoms with Crippen LogP contribution in [-0.2, 0) is 18.3 Å². The van der Waals surface area contributed by atoms with Crippen LogP contribution in [0.3, 0.4) is 0 Å². The Morgan fingerprint density at radius 3 is 2.57 bits per heavy atom. The van der Waals surface area contributed by atoms with E-state index in [4.69, 9.17) is 0 Å². The molecule has 2 fully saturated rings. The minimum Gasteiger partial charge on any atom is -0.334 e. The molecule has 2 atom stereocenters. The molecular formula is C16H21N6O+. The molecule has 1 amide bonds. The fourth-order valence-corrected chi connectivity index (χ4v) is 3.65. The highest BCUT2D eigenvalue weighted by Crippen LogP contribution is 2.27. The summed E-state index contributed by atoms with van der Waals surface area (Å²) in [6.45, 7) is 1.87. The second kappa shape index (κ2) is 5.73. The Balaban J connectivity index is 1.46. The Morgan fingerprint density at radius 1 is 1.26 bits per heavy atom. The lowest BCUT2D eigenvalue weighted by Crippen LogP contribution is -2.54. The molecule has 1 aromatic heterocycles. The third-order valence-corrected chi connectivity index (χ3v) is 4.78. The van der Waals surface area contributed by atoms with Crippen LogP contribution in [0.5, 0.6) is 0 Å². The standard InChI is InChI=1S/C16H21N6O/c1-20-11-21(19-18-20)13-4-2-12(3-5-13)8-16(23)22-14-6-7-15(22)10-17-9-14/h2-5,11,14-15,17H,6-10H2,1H3/q+1. The predicted molar refractivity (Wildman–Crippen MR) is 82.8 cm³/mol. The van der Waals surface area contributed by atoms with Gasteiger partial charge in [-0.05, 0) is 30.5 Å². The van der Waals surface area contributed by atoms with Gasteiger partial charge >= 0.3 is 0 Å². The van der Waals surface area contributed by atoms with E-state index in [9.17, 15) is 4.79 Å². The lowest BCUT2D eigenvalue weighted by atomic mass is 10.1. The fourth-order valence-electron chi connectivity index (χ4n) is 3.65. The number of tetrazole rings is 1. The molecule has 0 radical (unpaired) electrons. The first kappa shape index (κ1) is 14.3. The van der Waals surface area contributed by atoms with Crippen molar-refractivity contribution in [2.75, 3.05) is 13.1 Å². The zero-order valence-electron chi connectivity index (χ0n) is 13.2. The molecule has 2 bridgehead atoms. The van der Waals surface area contributed by atoms with Crippen molar-refractivity contribution in [1.29, 1.82) is 0 Å². The number of nitrogens with one attached hydrogen (secondary N) is 1. The number of hydrogen-bond donors (Lipinski definition) is 1. The van der Waals surface area contributed by atoms with Crippen molar-refractivity contribution in [3.63, 3.8) is 0 Å². The summed E-state index contributed by atoms with van der Waals surface area (Å²) in [5.41, 5.74) is 1.98. The number of hydrogen-bond acceptors (Lipinski definition) is 4. The van der Waals surface area contributed by atoms with E-state index in [1.165, 1.54) is 0 Å². The van der Waals surface area contributed by atoms with Crippen LogP contribution in [0, 0.1) is 0 Å². The third-order valence-electron chi connectivity index (χ3n) is 4.78. The van der Waals surface area contributed by atoms with E-state index >= 15 is 0 Å². The number of fused-ring (bicyclic) bond motifs is 2. The minimum atomic E-state index is 0.249. The Morgan fingerprint density at radius 2 is 1.96 bits per heavy atom. The maximum absolute atomic E-state index is 12.7. The quantitative estimate of drug-likeness (QED) is 0.783. The summed E-state index contributed by atoms with van der Waals surface area (Å²) >= 11 is 0. The van der Waals surface area contributed by atoms with Crippen LogP contribution >= 0.6 is 0 Å². The van der Waals surface area contributed by atoms with Gasteiger partial charge in [0.15, 0.2) is 5.21 Å². The van der Waals surface area contributed by atoms with Gasteiger partial charge in [0, 0.05) is 25.2 Å². The van der Waals surface area contributed by atoms with E-state index in [0.29, 0.717) is 18.5 Å². The monoisotopic (exact) mass is 313 g/mol. The maximum Gasteiger partial charge on any atom is 0.250 e. The average Bonchev–Trinajstić information content (AvgIpc) is 3.09. The molecular weight excluding hydrogens is 292 g/mol. The van der Waals surface area contributed by atoms with Gasteiger partial charge in [-0.25, -0.2) is 0 Å². The summed E-state index contributed by atoms with van der Waals surface area (Å²) in [4.78, 5) is 14.8. The fraction of sp³-hybridized carbons (Fsp3) is 0.500. The van der Waals surface area contributed by atoms with Gasteiger partial charge in [-0.2, -0.15) is 0 Å². The molecule has 0 spiro atoms. The first-order chi connectivity index (χ1) is 11.2. The zero-order valence-corrected chi connectivity index (χ0v) is 13.2. The van der Waals surface area contributed by atoms with Gasteiger partial charge in [0.05, 0.1) is 13.5 Å². The van der Waals surface area contributed by atoms with Crippen LogP contribution in [0.2, 0.25) is 0 Å². The summed E-state index contributed by atoms with van der Waals surface area (Å²) in [6.07, 6.45) is 4.54. The van der Waals surface area contributed by atoms with Crippen molar-refractivity contribution in [2.45, 2.75) is 31.3 Å². The normalized spacial score (nSPS) is 23.3. The van der Waals surface area contributed by atoms with Crippen LogP contribution in [0.15, 0.2) is 30.6 Å². The van der Waals surface area contributed by atoms with E-state index < -0.39 is 0 Å². The number of aromatic nitrogens is 4. The molecule has 0 aliphatic carbocycles. The molecule has 2 unspecified atom stereocenters. The number of benzene rings is 1. The summed E-state index contributed by atoms with van der Waals surface area (Å²) in [5, 5.41) is 11.3. The highest BCUT2D eigenvalue weighted by Gasteiger charge is 2.39. The second-order valence-corrected chi connectivity index (χ2v) is 6.40. The number of aryl methyl sites for hydroxylation is 1. The van der Waals surface area contributed by atoms with Crippen LogP contribution in [0.1, 0.15) is 18.4 Å². The Hall–Kier alpha value is -2.28. The first-order valence-corrected chi connectivity index (χ1v) is 8.10. The van der Waals surface area contributed by atoms with Gasteiger partial charge in [-0.3, -0.25) is 4.79 Å². The van der Waals surface area contributed by atoms with E-state index in [2.05, 4.69) is 20.6 Å². The maximum atomic E-state index is 12.7. The highest BCUT2D eigenvalue weighted by molar-refractivity contribution is 5.80. The number of nitrogens with zero attached hydrogens (tertiary/aromatic N) is 5. The molecule has 2 saturated heterocycles. The van der Waals surface area contributed by atoms with Crippen molar-refractivity contribution in [1.82, 2.24) is 25.3 Å². The van der Waals surface area contributed by atoms with Gasteiger partial charge in [0.25, 0.3) is 0 Å². The Labute approximate surface area is 134 Å². The van der Waals surface area contributed by atoms with Gasteiger partial charge in [-0.1, -0.05) is 16.8 Å². The van der Waals surface area contributed by atoms with Crippen LogP contribution in [-0.4, -0.2) is 51.1 Å². The molecule has 1 aromatic carbocycles. The highest BCUT2D eigenvalue weighted by atomic mass is 16.2. The smallest absolute Gasteiger partial charge is 0.250 e. The molecule has 7 nitrogen and oxygen atoms in total. The van der Waals surface area contributed by atoms with Crippen LogP contribution in [0.25, 0.3) is 5.69 Å². The van der Waals surface area contributed by atoms with Gasteiger partial charge in [0.2, 0.25) is 12.2 Å². The lowest BCUT2D eigenvalue weighted by molar-refractivity contribution is -0.731. The Bertz CT molecular complexity index is 694. The van der Waals surface area contributed by atoms with E-state index in [-0.39, 0.29) is 5.91 Å². The first-order valence-electron chi connectivity index (χ1n) is 8.10. The largest absolute Gasteiger partial charge is 0.334 e. The summed E-state index contributed by atoms with van der Waals surface area (Å²) in [5.74, 6) is 0.249. The number of carbonyl (C=O) groups is 1. The summed E-state index contributed by atoms with van der Waals surface area (Å²) in [6, 6.07) is 8.72. The SMILES string of the molecule is C[n+]1cn(-c2ccc(CC(=O)N3C4CCC3CNC4)cc2)nn1. The topological polar surface area (TPSA) is 66.9 Å². The van der Waals surface area contributed by atoms with Crippen molar-refractivity contribution < 1.29 is 9.48 Å². The average molecular weight is 313 g/mol. The number of piperazine rings is 1. The van der Waals surface area contributed by atoms with E-state index in [1.807, 2.05) is 31.3 Å². The van der Waals surface area contributed by atoms with Crippen molar-refractivity contribution >= 4 is 5.91 Å². The summed E-state index contributed by atoms with van der Waals surface area (Å²) < 4.78 is 3.36. The molecule has 3 heterocycles. The van der Waals surface area contributed by atoms with Gasteiger partial charge in [-0.15, -0.1) is 4.68 Å². The molecule has 2 aromatic rings. The van der Waals surface area contributed by atoms with E-state index in [0.717, 1.165) is 37.2 Å². The molecule has 120 valence electrons. The predicted octanol–water partition coefficient (Wildman–Crippen LogP) is -0.403. The molecule has 1 N–H and O–H groups in total. The van der Waals surface area contributed by atoms with Crippen LogP contribution < -0.4 is 10.00 Å². The molecule has 23 heavy (non-hydrogen) atoms. The number of carbonyl (C=O) groups excluding carboxylic acids is 1. The number of amides is 1. The van der Waals surface area contributed by atoms with Crippen molar-refractivity contribution in [2.24, 2.45) is 7.05 Å². The third kappa shape index (κ3) is 2.72. The van der Waals surface area contributed by atoms with Crippen molar-refractivity contribution in [3.05, 3.63) is 36.2 Å². The molecule has 0 saturated carbocycles.